The lowest BCUT2D eigenvalue weighted by molar-refractivity contribution is 1.17. The van der Waals surface area contributed by atoms with Crippen molar-refractivity contribution in [2.75, 3.05) is 0 Å². The summed E-state index contributed by atoms with van der Waals surface area (Å²) in [6.07, 6.45) is 4.50. The molecule has 0 saturated carbocycles. The number of hydrogen-bond donors (Lipinski definition) is 0. The van der Waals surface area contributed by atoms with Crippen LogP contribution in [0.1, 0.15) is 48.6 Å². The lowest BCUT2D eigenvalue weighted by Gasteiger charge is -2.35. The van der Waals surface area contributed by atoms with Gasteiger partial charge < -0.3 is 0 Å². The summed E-state index contributed by atoms with van der Waals surface area (Å²) in [6, 6.07) is 28.2. The number of benzene rings is 3. The molecule has 0 aromatic heterocycles. The molecule has 0 N–H and O–H groups in total. The molecule has 0 aliphatic heterocycles. The van der Waals surface area contributed by atoms with Crippen LogP contribution < -0.4 is 0 Å². The van der Waals surface area contributed by atoms with Gasteiger partial charge in [-0.3, -0.25) is 0 Å². The second-order valence-corrected chi connectivity index (χ2v) is 8.11. The average molecular weight is 385 g/mol. The van der Waals surface area contributed by atoms with Gasteiger partial charge in [-0.05, 0) is 5.57 Å². The first-order chi connectivity index (χ1) is 14.6. The van der Waals surface area contributed by atoms with E-state index in [1.54, 1.807) is 0 Å². The highest BCUT2D eigenvalue weighted by atomic mass is 14.3. The predicted molar refractivity (Wildman–Crippen MR) is 126 cm³/mol. The lowest BCUT2D eigenvalue weighted by atomic mass is 9.72. The fraction of sp³-hybridized carbons (Fsp3) is 0.100. The Bertz CT molecular complexity index is 1170. The van der Waals surface area contributed by atoms with Crippen molar-refractivity contribution >= 4 is 5.57 Å². The van der Waals surface area contributed by atoms with E-state index in [2.05, 4.69) is 118 Å². The summed E-state index contributed by atoms with van der Waals surface area (Å²) in [7, 11) is 0. The molecule has 0 radical (unpaired) electrons. The highest BCUT2D eigenvalue weighted by Crippen LogP contribution is 2.45. The third-order valence-corrected chi connectivity index (χ3v) is 5.92. The smallest absolute Gasteiger partial charge is 0.0999 e. The molecule has 0 spiro atoms. The highest BCUT2D eigenvalue weighted by molar-refractivity contribution is 5.91. The highest BCUT2D eigenvalue weighted by Gasteiger charge is 2.25. The second kappa shape index (κ2) is 7.34. The van der Waals surface area contributed by atoms with E-state index in [1.807, 2.05) is 0 Å². The van der Waals surface area contributed by atoms with Gasteiger partial charge in [0.25, 0.3) is 0 Å². The Kier molecular flexibility index (Phi) is 4.51. The minimum Gasteiger partial charge on any atom is -0.0999 e. The molecule has 0 atom stereocenters. The zero-order valence-electron chi connectivity index (χ0n) is 17.7. The Balaban J connectivity index is 1.84. The van der Waals surface area contributed by atoms with Crippen molar-refractivity contribution in [3.8, 4) is 0 Å². The standard InChI is InChI=1S/C30H24/c1-20-17-21(2)28(22(3)18-20)19-29-24-13-7-9-15-26(24)30(23-11-5-4-6-12-23)27-16-10-8-14-25(27)29/h4-18H,1-3H3. The molecule has 5 rings (SSSR count). The number of rotatable bonds is 1. The van der Waals surface area contributed by atoms with E-state index in [0.717, 1.165) is 0 Å². The van der Waals surface area contributed by atoms with Crippen molar-refractivity contribution in [2.45, 2.75) is 20.8 Å². The van der Waals surface area contributed by atoms with Crippen LogP contribution in [0, 0.1) is 11.8 Å². The largest absolute Gasteiger partial charge is 0.131 e. The summed E-state index contributed by atoms with van der Waals surface area (Å²) >= 11 is 0. The predicted octanol–water partition coefficient (Wildman–Crippen LogP) is 7.48. The molecule has 2 aliphatic rings. The van der Waals surface area contributed by atoms with Crippen LogP contribution in [0.3, 0.4) is 0 Å². The lowest BCUT2D eigenvalue weighted by Crippen LogP contribution is -2.15. The van der Waals surface area contributed by atoms with E-state index < -0.39 is 0 Å². The molecule has 2 aliphatic carbocycles. The summed E-state index contributed by atoms with van der Waals surface area (Å²) in [6.45, 7) is 6.53. The van der Waals surface area contributed by atoms with E-state index in [1.165, 1.54) is 61.9 Å². The maximum Gasteiger partial charge on any atom is 0.131 e. The maximum atomic E-state index is 3.83. The van der Waals surface area contributed by atoms with Crippen LogP contribution in [0.4, 0.5) is 0 Å². The van der Waals surface area contributed by atoms with E-state index in [0.29, 0.717) is 0 Å². The molecule has 0 saturated heterocycles. The SMILES string of the molecule is CC1=C[C+](C)C=C(C)C1=C=C1c2ccccc2[C-](c2ccccc2)c2ccccc21. The van der Waals surface area contributed by atoms with E-state index in [9.17, 15) is 0 Å². The molecule has 0 heteroatoms. The van der Waals surface area contributed by atoms with Crippen molar-refractivity contribution in [1.29, 1.82) is 0 Å². The minimum atomic E-state index is 1.18. The maximum absolute atomic E-state index is 3.83. The average Bonchev–Trinajstić information content (AvgIpc) is 2.76. The van der Waals surface area contributed by atoms with Gasteiger partial charge in [0.15, 0.2) is 0 Å². The van der Waals surface area contributed by atoms with Crippen LogP contribution in [0.2, 0.25) is 0 Å². The third-order valence-electron chi connectivity index (χ3n) is 5.92. The molecule has 0 bridgehead atoms. The van der Waals surface area contributed by atoms with Gasteiger partial charge in [0.1, 0.15) is 5.57 Å². The molecule has 0 unspecified atom stereocenters. The third kappa shape index (κ3) is 3.03. The molecule has 0 heterocycles. The summed E-state index contributed by atoms with van der Waals surface area (Å²) < 4.78 is 0. The molecule has 3 aromatic rings. The first-order valence-corrected chi connectivity index (χ1v) is 10.5. The molecule has 3 aromatic carbocycles. The summed E-state index contributed by atoms with van der Waals surface area (Å²) in [5.41, 5.74) is 15.0. The number of fused-ring (bicyclic) bond motifs is 2. The van der Waals surface area contributed by atoms with Crippen molar-refractivity contribution in [3.05, 3.63) is 153 Å². The molecular weight excluding hydrogens is 360 g/mol. The van der Waals surface area contributed by atoms with Gasteiger partial charge in [0, 0.05) is 26.7 Å². The van der Waals surface area contributed by atoms with Gasteiger partial charge in [-0.15, -0.1) is 0 Å². The molecular formula is C30H24. The zero-order valence-corrected chi connectivity index (χ0v) is 17.7. The number of allylic oxidation sites excluding steroid dienone is 5. The summed E-state index contributed by atoms with van der Waals surface area (Å²) in [4.78, 5) is 0. The van der Waals surface area contributed by atoms with Gasteiger partial charge in [-0.1, -0.05) is 118 Å². The molecule has 30 heavy (non-hydrogen) atoms. The van der Waals surface area contributed by atoms with Crippen LogP contribution in [0.25, 0.3) is 5.57 Å². The monoisotopic (exact) mass is 384 g/mol. The minimum absolute atomic E-state index is 1.18. The van der Waals surface area contributed by atoms with Gasteiger partial charge in [-0.2, -0.15) is 0 Å². The van der Waals surface area contributed by atoms with E-state index in [4.69, 9.17) is 0 Å². The van der Waals surface area contributed by atoms with Gasteiger partial charge in [0.05, 0.1) is 23.3 Å². The second-order valence-electron chi connectivity index (χ2n) is 8.11. The van der Waals surface area contributed by atoms with Crippen LogP contribution in [0.15, 0.2) is 113 Å². The topological polar surface area (TPSA) is 0 Å². The Morgan fingerprint density at radius 2 is 1.13 bits per heavy atom. The van der Waals surface area contributed by atoms with Crippen molar-refractivity contribution in [3.63, 3.8) is 0 Å². The van der Waals surface area contributed by atoms with Gasteiger partial charge in [0.2, 0.25) is 0 Å². The summed E-state index contributed by atoms with van der Waals surface area (Å²) in [5, 5.41) is 0. The Morgan fingerprint density at radius 3 is 1.70 bits per heavy atom. The van der Waals surface area contributed by atoms with Crippen LogP contribution in [-0.2, 0) is 0 Å². The quantitative estimate of drug-likeness (QED) is 0.236. The van der Waals surface area contributed by atoms with Crippen LogP contribution >= 0.6 is 0 Å². The van der Waals surface area contributed by atoms with E-state index in [-0.39, 0.29) is 0 Å². The van der Waals surface area contributed by atoms with Crippen molar-refractivity contribution < 1.29 is 0 Å². The van der Waals surface area contributed by atoms with E-state index >= 15 is 0 Å². The summed E-state index contributed by atoms with van der Waals surface area (Å²) in [5.74, 6) is 2.59. The Morgan fingerprint density at radius 1 is 0.633 bits per heavy atom. The van der Waals surface area contributed by atoms with Gasteiger partial charge in [-0.25, -0.2) is 0 Å². The Hall–Kier alpha value is -3.60. The zero-order chi connectivity index (χ0) is 20.7. The fourth-order valence-corrected chi connectivity index (χ4v) is 4.68. The molecule has 144 valence electrons. The Labute approximate surface area is 179 Å². The molecule has 0 nitrogen and oxygen atoms in total. The fourth-order valence-electron chi connectivity index (χ4n) is 4.68. The van der Waals surface area contributed by atoms with Crippen molar-refractivity contribution in [2.24, 2.45) is 0 Å². The number of hydrogen-bond acceptors (Lipinski definition) is 0. The molecule has 0 fully saturated rings. The van der Waals surface area contributed by atoms with Crippen LogP contribution in [0.5, 0.6) is 0 Å². The molecule has 0 amide bonds. The van der Waals surface area contributed by atoms with Gasteiger partial charge >= 0.3 is 0 Å². The van der Waals surface area contributed by atoms with Crippen molar-refractivity contribution in [1.82, 2.24) is 0 Å². The normalized spacial score (nSPS) is 15.2. The first kappa shape index (κ1) is 18.4. The first-order valence-electron chi connectivity index (χ1n) is 10.5. The van der Waals surface area contributed by atoms with Crippen LogP contribution in [-0.4, -0.2) is 0 Å².